The third-order valence-corrected chi connectivity index (χ3v) is 12.0. The van der Waals surface area contributed by atoms with Crippen molar-refractivity contribution in [2.24, 2.45) is 0 Å². The Hall–Kier alpha value is -8.86. The maximum absolute atomic E-state index is 9.41. The summed E-state index contributed by atoms with van der Waals surface area (Å²) in [6, 6.07) is 36.4. The van der Waals surface area contributed by atoms with Crippen molar-refractivity contribution >= 4 is 54.4 Å². The Morgan fingerprint density at radius 3 is 1.30 bits per heavy atom. The molecule has 0 aliphatic carbocycles. The number of aromatic nitrogens is 4. The first kappa shape index (κ1) is 24.8. The molecule has 0 spiro atoms. The Balaban J connectivity index is 1.15. The number of benzene rings is 10. The maximum Gasteiger partial charge on any atom is 0.160 e. The predicted molar refractivity (Wildman–Crippen MR) is 275 cm³/mol. The average Bonchev–Trinajstić information content (AvgIpc) is 2.37. The first-order chi connectivity index (χ1) is 39.4. The minimum absolute atomic E-state index is 0.0677. The van der Waals surface area contributed by atoms with E-state index in [0.29, 0.717) is 33.7 Å². The number of hydrogen-bond donors (Lipinski definition) is 0. The van der Waals surface area contributed by atoms with Gasteiger partial charge in [0, 0.05) is 49.6 Å². The molecule has 4 heteroatoms. The molecule has 0 radical (unpaired) electrons. The summed E-state index contributed by atoms with van der Waals surface area (Å²) >= 11 is 0. The first-order valence-electron chi connectivity index (χ1n) is 29.2. The molecule has 13 rings (SSSR count). The van der Waals surface area contributed by atoms with Crippen molar-refractivity contribution in [2.75, 3.05) is 0 Å². The standard InChI is InChI=1S/C62H40N4/c1-3-18-41(19-4-1)43-22-17-23-44(36-43)56-40-57(64-62(63-56)42-20-5-2-6-21-42)51-35-34-48(49-24-7-8-25-50(49)51)45-37-46(65-58-30-13-9-26-52(58)53-27-10-14-31-59(53)65)39-47(38-45)66-60-32-15-11-28-54(60)55-29-12-16-33-61(55)66/h1-40H/i9D,10D,11D,12D,13D,14D,15D,16D,26D,27D,28D,29D,30D,31D,32D,33D. The van der Waals surface area contributed by atoms with Gasteiger partial charge in [0.15, 0.2) is 5.82 Å². The zero-order valence-corrected chi connectivity index (χ0v) is 34.6. The minimum atomic E-state index is -0.642. The van der Waals surface area contributed by atoms with Crippen LogP contribution in [0.3, 0.4) is 0 Å². The van der Waals surface area contributed by atoms with Gasteiger partial charge in [0.1, 0.15) is 0 Å². The van der Waals surface area contributed by atoms with Crippen LogP contribution >= 0.6 is 0 Å². The second kappa shape index (κ2) is 15.4. The fourth-order valence-electron chi connectivity index (χ4n) is 9.08. The molecule has 0 bridgehead atoms. The van der Waals surface area contributed by atoms with Crippen LogP contribution in [0.1, 0.15) is 21.9 Å². The second-order valence-electron chi connectivity index (χ2n) is 15.8. The lowest BCUT2D eigenvalue weighted by molar-refractivity contribution is 1.13. The largest absolute Gasteiger partial charge is 0.309 e. The monoisotopic (exact) mass is 856 g/mol. The molecule has 0 unspecified atom stereocenters. The van der Waals surface area contributed by atoms with E-state index in [4.69, 9.17) is 20.9 Å². The molecule has 0 aliphatic heterocycles. The third-order valence-electron chi connectivity index (χ3n) is 12.0. The molecule has 0 aliphatic rings. The van der Waals surface area contributed by atoms with E-state index in [0.717, 1.165) is 33.2 Å². The Labute approximate surface area is 404 Å². The fourth-order valence-corrected chi connectivity index (χ4v) is 9.08. The fraction of sp³-hybridized carbons (Fsp3) is 0. The van der Waals surface area contributed by atoms with E-state index in [9.17, 15) is 11.0 Å². The van der Waals surface area contributed by atoms with Crippen LogP contribution < -0.4 is 0 Å². The van der Waals surface area contributed by atoms with Crippen LogP contribution in [-0.2, 0) is 0 Å². The van der Waals surface area contributed by atoms with Crippen molar-refractivity contribution in [1.29, 1.82) is 0 Å². The minimum Gasteiger partial charge on any atom is -0.309 e. The highest BCUT2D eigenvalue weighted by Crippen LogP contribution is 2.41. The predicted octanol–water partition coefficient (Wildman–Crippen LogP) is 16.2. The molecular formula is C62H40N4. The molecule has 3 aromatic heterocycles. The molecule has 0 saturated heterocycles. The number of para-hydroxylation sites is 4. The Kier molecular flexibility index (Phi) is 5.81. The van der Waals surface area contributed by atoms with E-state index < -0.39 is 96.7 Å². The summed E-state index contributed by atoms with van der Waals surface area (Å²) in [4.78, 5) is 10.3. The first-order valence-corrected chi connectivity index (χ1v) is 21.2. The zero-order valence-electron chi connectivity index (χ0n) is 50.6. The summed E-state index contributed by atoms with van der Waals surface area (Å²) in [5.74, 6) is 0.480. The van der Waals surface area contributed by atoms with Crippen LogP contribution in [0.4, 0.5) is 0 Å². The van der Waals surface area contributed by atoms with E-state index in [1.165, 1.54) is 15.2 Å². The van der Waals surface area contributed by atoms with Gasteiger partial charge in [-0.25, -0.2) is 9.97 Å². The molecule has 4 nitrogen and oxygen atoms in total. The molecule has 10 aromatic carbocycles. The summed E-state index contributed by atoms with van der Waals surface area (Å²) in [7, 11) is 0. The van der Waals surface area contributed by atoms with Crippen LogP contribution in [0.15, 0.2) is 242 Å². The lowest BCUT2D eigenvalue weighted by Gasteiger charge is -2.18. The highest BCUT2D eigenvalue weighted by Gasteiger charge is 2.20. The van der Waals surface area contributed by atoms with Gasteiger partial charge in [-0.05, 0) is 87.5 Å². The lowest BCUT2D eigenvalue weighted by atomic mass is 9.92. The topological polar surface area (TPSA) is 35.6 Å². The Morgan fingerprint density at radius 1 is 0.303 bits per heavy atom. The van der Waals surface area contributed by atoms with Crippen LogP contribution in [-0.4, -0.2) is 19.1 Å². The number of fused-ring (bicyclic) bond motifs is 7. The molecule has 0 amide bonds. The van der Waals surface area contributed by atoms with Crippen LogP contribution in [0, 0.1) is 0 Å². The molecule has 66 heavy (non-hydrogen) atoms. The van der Waals surface area contributed by atoms with Crippen molar-refractivity contribution in [3.63, 3.8) is 0 Å². The van der Waals surface area contributed by atoms with Crippen LogP contribution in [0.25, 0.3) is 122 Å². The molecule has 0 N–H and O–H groups in total. The third kappa shape index (κ3) is 6.22. The lowest BCUT2D eigenvalue weighted by Crippen LogP contribution is -2.00. The van der Waals surface area contributed by atoms with Gasteiger partial charge < -0.3 is 9.13 Å². The van der Waals surface area contributed by atoms with Gasteiger partial charge in [0.05, 0.1) is 55.4 Å². The molecule has 308 valence electrons. The van der Waals surface area contributed by atoms with Crippen molar-refractivity contribution < 1.29 is 21.9 Å². The van der Waals surface area contributed by atoms with Gasteiger partial charge in [-0.2, -0.15) is 0 Å². The quantitative estimate of drug-likeness (QED) is 0.160. The van der Waals surface area contributed by atoms with E-state index >= 15 is 0 Å². The number of hydrogen-bond acceptors (Lipinski definition) is 2. The van der Waals surface area contributed by atoms with Crippen molar-refractivity contribution in [3.05, 3.63) is 242 Å². The zero-order chi connectivity index (χ0) is 57.5. The van der Waals surface area contributed by atoms with Crippen molar-refractivity contribution in [2.45, 2.75) is 0 Å². The van der Waals surface area contributed by atoms with Gasteiger partial charge in [-0.1, -0.05) is 188 Å². The summed E-state index contributed by atoms with van der Waals surface area (Å²) < 4.78 is 147. The van der Waals surface area contributed by atoms with E-state index in [-0.39, 0.29) is 55.0 Å². The molecule has 0 atom stereocenters. The summed E-state index contributed by atoms with van der Waals surface area (Å²) in [6.07, 6.45) is 0. The number of rotatable bonds is 7. The molecule has 13 aromatic rings. The Bertz CT molecular complexity index is 4610. The Morgan fingerprint density at radius 2 is 0.742 bits per heavy atom. The van der Waals surface area contributed by atoms with Gasteiger partial charge in [-0.15, -0.1) is 0 Å². The normalized spacial score (nSPS) is 15.0. The summed E-state index contributed by atoms with van der Waals surface area (Å²) in [5.41, 5.74) is 5.97. The highest BCUT2D eigenvalue weighted by atomic mass is 15.0. The number of nitrogens with zero attached hydrogens (tertiary/aromatic N) is 4. The van der Waals surface area contributed by atoms with Crippen molar-refractivity contribution in [1.82, 2.24) is 19.1 Å². The summed E-state index contributed by atoms with van der Waals surface area (Å²) in [5, 5.41) is 0.685. The maximum atomic E-state index is 9.41. The molecule has 0 saturated carbocycles. The van der Waals surface area contributed by atoms with Gasteiger partial charge in [0.2, 0.25) is 0 Å². The second-order valence-corrected chi connectivity index (χ2v) is 15.8. The molecular weight excluding hydrogens is 801 g/mol. The SMILES string of the molecule is [2H]c1c([2H])c([2H])c2c(c1[2H])c1c([2H])c([2H])c([2H])c([2H])c1n2-c1cc(-c2ccc(-c3cc(-c4cccc(-c5ccccc5)c4)nc(-c4ccccc4)n3)c3ccccc23)cc(-n2c3c([2H])c([2H])c([2H])c([2H])c3c3c([2H])c([2H])c([2H])c([2H])c32)c1. The summed E-state index contributed by atoms with van der Waals surface area (Å²) in [6.45, 7) is 0. The van der Waals surface area contributed by atoms with E-state index in [1.54, 1.807) is 12.1 Å². The van der Waals surface area contributed by atoms with Crippen LogP contribution in [0.5, 0.6) is 0 Å². The molecule has 0 fully saturated rings. The van der Waals surface area contributed by atoms with Crippen LogP contribution in [0.2, 0.25) is 0 Å². The smallest absolute Gasteiger partial charge is 0.160 e. The molecule has 3 heterocycles. The van der Waals surface area contributed by atoms with E-state index in [1.807, 2.05) is 121 Å². The van der Waals surface area contributed by atoms with Gasteiger partial charge in [-0.3, -0.25) is 0 Å². The highest BCUT2D eigenvalue weighted by molar-refractivity contribution is 6.11. The van der Waals surface area contributed by atoms with Crippen molar-refractivity contribution in [3.8, 4) is 67.5 Å². The average molecular weight is 857 g/mol. The van der Waals surface area contributed by atoms with E-state index in [2.05, 4.69) is 6.07 Å². The van der Waals surface area contributed by atoms with Gasteiger partial charge in [0.25, 0.3) is 0 Å². The van der Waals surface area contributed by atoms with Gasteiger partial charge >= 0.3 is 0 Å².